The van der Waals surface area contributed by atoms with E-state index in [1.165, 1.54) is 11.8 Å². The minimum Gasteiger partial charge on any atom is -0.481 e. The number of hydrogen-bond acceptors (Lipinski definition) is 9. The van der Waals surface area contributed by atoms with E-state index in [2.05, 4.69) is 27.8 Å². The van der Waals surface area contributed by atoms with Crippen molar-refractivity contribution in [1.29, 1.82) is 0 Å². The molecule has 296 valence electrons. The molecule has 0 radical (unpaired) electrons. The Balaban J connectivity index is 1.22. The van der Waals surface area contributed by atoms with Crippen LogP contribution in [0.4, 0.5) is 4.79 Å². The molecule has 0 saturated heterocycles. The first kappa shape index (κ1) is 41.6. The molecule has 3 N–H and O–H groups in total. The van der Waals surface area contributed by atoms with E-state index in [1.54, 1.807) is 26.3 Å². The van der Waals surface area contributed by atoms with Gasteiger partial charge in [0.25, 0.3) is 5.91 Å². The predicted molar refractivity (Wildman–Crippen MR) is 213 cm³/mol. The number of fused-ring (bicyclic) bond motifs is 3. The van der Waals surface area contributed by atoms with Gasteiger partial charge in [-0.25, -0.2) is 9.78 Å². The van der Waals surface area contributed by atoms with Crippen LogP contribution in [0.25, 0.3) is 11.1 Å². The highest BCUT2D eigenvalue weighted by Crippen LogP contribution is 2.44. The van der Waals surface area contributed by atoms with E-state index in [0.717, 1.165) is 39.2 Å². The second-order valence-corrected chi connectivity index (χ2v) is 15.6. The lowest BCUT2D eigenvalue weighted by atomic mass is 9.95. The quantitative estimate of drug-likeness (QED) is 0.0957. The average molecular weight is 783 g/mol. The first-order valence-electron chi connectivity index (χ1n) is 18.8. The molecule has 5 unspecified atom stereocenters. The number of carbonyl (C=O) groups excluding carboxylic acids is 4. The van der Waals surface area contributed by atoms with Gasteiger partial charge in [-0.15, -0.1) is 11.3 Å². The number of aromatic nitrogens is 1. The van der Waals surface area contributed by atoms with Crippen molar-refractivity contribution in [2.45, 2.75) is 84.0 Å². The summed E-state index contributed by atoms with van der Waals surface area (Å²) in [6.07, 6.45) is -0.759. The molecule has 0 spiro atoms. The molecule has 13 heteroatoms. The Labute approximate surface area is 331 Å². The van der Waals surface area contributed by atoms with E-state index in [-0.39, 0.29) is 42.9 Å². The Bertz CT molecular complexity index is 1970. The molecule has 56 heavy (non-hydrogen) atoms. The zero-order valence-electron chi connectivity index (χ0n) is 32.6. The number of hydrogen-bond donors (Lipinski definition) is 3. The number of thiazole rings is 1. The van der Waals surface area contributed by atoms with Crippen molar-refractivity contribution in [1.82, 2.24) is 20.5 Å². The van der Waals surface area contributed by atoms with Crippen LogP contribution in [0.5, 0.6) is 0 Å². The molecule has 1 aromatic heterocycles. The summed E-state index contributed by atoms with van der Waals surface area (Å²) < 4.78 is 11.4. The number of likely N-dealkylation sites (N-methyl/N-ethyl adjacent to an activating group) is 1. The van der Waals surface area contributed by atoms with Gasteiger partial charge in [0.05, 0.1) is 5.92 Å². The topological polar surface area (TPSA) is 164 Å². The number of nitrogens with zero attached hydrogens (tertiary/aromatic N) is 2. The molecule has 1 aliphatic carbocycles. The van der Waals surface area contributed by atoms with Crippen LogP contribution in [0, 0.1) is 11.8 Å². The fraction of sp³-hybridized carbons (Fsp3) is 0.395. The van der Waals surface area contributed by atoms with Crippen molar-refractivity contribution in [3.8, 4) is 11.1 Å². The summed E-state index contributed by atoms with van der Waals surface area (Å²) >= 11 is 1.15. The number of amides is 3. The molecule has 5 rings (SSSR count). The van der Waals surface area contributed by atoms with Crippen LogP contribution in [-0.2, 0) is 30.3 Å². The average Bonchev–Trinajstić information content (AvgIpc) is 3.79. The summed E-state index contributed by atoms with van der Waals surface area (Å²) in [6, 6.07) is 23.7. The number of carboxylic acid groups (broad SMARTS) is 1. The van der Waals surface area contributed by atoms with E-state index < -0.39 is 54.1 Å². The van der Waals surface area contributed by atoms with Crippen molar-refractivity contribution in [3.05, 3.63) is 112 Å². The molecule has 4 aromatic rings. The summed E-state index contributed by atoms with van der Waals surface area (Å²) in [7, 11) is 1.64. The largest absolute Gasteiger partial charge is 0.481 e. The van der Waals surface area contributed by atoms with Gasteiger partial charge in [0.2, 0.25) is 5.91 Å². The van der Waals surface area contributed by atoms with Gasteiger partial charge in [-0.3, -0.25) is 19.2 Å². The second-order valence-electron chi connectivity index (χ2n) is 14.7. The van der Waals surface area contributed by atoms with Gasteiger partial charge in [0, 0.05) is 43.8 Å². The predicted octanol–water partition coefficient (Wildman–Crippen LogP) is 7.00. The van der Waals surface area contributed by atoms with Crippen LogP contribution < -0.4 is 10.6 Å². The molecule has 0 aliphatic heterocycles. The third-order valence-electron chi connectivity index (χ3n) is 10.2. The molecular weight excluding hydrogens is 733 g/mol. The van der Waals surface area contributed by atoms with Gasteiger partial charge in [-0.2, -0.15) is 0 Å². The number of nitrogens with one attached hydrogen (secondary N) is 2. The minimum atomic E-state index is -0.956. The van der Waals surface area contributed by atoms with Crippen LogP contribution in [0.3, 0.4) is 0 Å². The Morgan fingerprint density at radius 3 is 2.05 bits per heavy atom. The number of esters is 1. The summed E-state index contributed by atoms with van der Waals surface area (Å²) in [6.45, 7) is 8.46. The van der Waals surface area contributed by atoms with E-state index in [4.69, 9.17) is 9.47 Å². The summed E-state index contributed by atoms with van der Waals surface area (Å²) in [5.41, 5.74) is 5.44. The number of aliphatic carboxylic acids is 1. The Kier molecular flexibility index (Phi) is 14.0. The van der Waals surface area contributed by atoms with Gasteiger partial charge in [-0.05, 0) is 53.5 Å². The third kappa shape index (κ3) is 10.4. The van der Waals surface area contributed by atoms with Crippen LogP contribution in [0.1, 0.15) is 91.7 Å². The molecule has 0 fully saturated rings. The van der Waals surface area contributed by atoms with Crippen LogP contribution in [0.2, 0.25) is 0 Å². The Hall–Kier alpha value is -5.56. The zero-order chi connectivity index (χ0) is 40.5. The van der Waals surface area contributed by atoms with E-state index in [0.29, 0.717) is 11.4 Å². The maximum Gasteiger partial charge on any atom is 0.407 e. The van der Waals surface area contributed by atoms with Gasteiger partial charge in [0.15, 0.2) is 6.10 Å². The number of rotatable bonds is 17. The van der Waals surface area contributed by atoms with Crippen molar-refractivity contribution < 1.29 is 38.6 Å². The number of carbonyl (C=O) groups is 5. The first-order valence-corrected chi connectivity index (χ1v) is 19.7. The van der Waals surface area contributed by atoms with Gasteiger partial charge >= 0.3 is 18.0 Å². The fourth-order valence-corrected chi connectivity index (χ4v) is 8.10. The zero-order valence-corrected chi connectivity index (χ0v) is 33.4. The number of alkyl carbamates (subject to hydrolysis) is 1. The Morgan fingerprint density at radius 2 is 1.46 bits per heavy atom. The lowest BCUT2D eigenvalue weighted by Gasteiger charge is -2.35. The second kappa shape index (κ2) is 18.9. The van der Waals surface area contributed by atoms with E-state index >= 15 is 0 Å². The highest BCUT2D eigenvalue weighted by atomic mass is 32.1. The van der Waals surface area contributed by atoms with E-state index in [9.17, 15) is 29.1 Å². The molecule has 3 aromatic carbocycles. The van der Waals surface area contributed by atoms with Gasteiger partial charge < -0.3 is 30.1 Å². The number of ether oxygens (including phenoxy) is 2. The molecule has 0 saturated carbocycles. The van der Waals surface area contributed by atoms with Gasteiger partial charge in [0.1, 0.15) is 23.4 Å². The fourth-order valence-electron chi connectivity index (χ4n) is 7.26. The maximum atomic E-state index is 13.7. The molecule has 1 heterocycles. The molecule has 0 bridgehead atoms. The highest BCUT2D eigenvalue weighted by Gasteiger charge is 2.34. The minimum absolute atomic E-state index is 0.0960. The van der Waals surface area contributed by atoms with Crippen molar-refractivity contribution in [2.24, 2.45) is 11.8 Å². The standard InChI is InChI=1S/C43H50N4O8S/c1-25(2)37(47(6)41(50)27(4)44-43(53)54-23-35-33-18-12-10-16-31(33)32-17-11-13-19-34(32)35)22-38(55-28(5)48)40-46-36(24-56-40)39(49)45-30(20-26(3)42(51)52)21-29-14-8-7-9-15-29/h7-19,24-27,30,35,37-38H,20-23H2,1-6H3,(H,44,53)(H,45,49)(H,51,52). The van der Waals surface area contributed by atoms with E-state index in [1.807, 2.05) is 80.6 Å². The number of benzene rings is 3. The molecule has 3 amide bonds. The normalized spacial score (nSPS) is 14.7. The first-order chi connectivity index (χ1) is 26.7. The van der Waals surface area contributed by atoms with Crippen molar-refractivity contribution >= 4 is 41.2 Å². The lowest BCUT2D eigenvalue weighted by molar-refractivity contribution is -0.148. The van der Waals surface area contributed by atoms with Crippen molar-refractivity contribution in [2.75, 3.05) is 13.7 Å². The molecule has 5 atom stereocenters. The smallest absolute Gasteiger partial charge is 0.407 e. The summed E-state index contributed by atoms with van der Waals surface area (Å²) in [5.74, 6) is -3.26. The van der Waals surface area contributed by atoms with Crippen LogP contribution in [0.15, 0.2) is 84.2 Å². The monoisotopic (exact) mass is 782 g/mol. The Morgan fingerprint density at radius 1 is 0.857 bits per heavy atom. The van der Waals surface area contributed by atoms with Crippen LogP contribution in [-0.4, -0.2) is 76.6 Å². The summed E-state index contributed by atoms with van der Waals surface area (Å²) in [5, 5.41) is 17.1. The molecule has 1 aliphatic rings. The maximum absolute atomic E-state index is 13.7. The van der Waals surface area contributed by atoms with Crippen LogP contribution >= 0.6 is 11.3 Å². The van der Waals surface area contributed by atoms with Crippen molar-refractivity contribution in [3.63, 3.8) is 0 Å². The SMILES string of the molecule is CC(=O)OC(CC(C(C)C)N(C)C(=O)C(C)NC(=O)OCC1c2ccccc2-c2ccccc21)c1nc(C(=O)NC(Cc2ccccc2)CC(C)C(=O)O)cs1. The highest BCUT2D eigenvalue weighted by molar-refractivity contribution is 7.09. The summed E-state index contributed by atoms with van der Waals surface area (Å²) in [4.78, 5) is 70.3. The third-order valence-corrected chi connectivity index (χ3v) is 11.1. The van der Waals surface area contributed by atoms with Gasteiger partial charge in [-0.1, -0.05) is 99.6 Å². The lowest BCUT2D eigenvalue weighted by Crippen LogP contribution is -2.50. The number of carboxylic acids is 1. The molecule has 12 nitrogen and oxygen atoms in total. The molecular formula is C43H50N4O8S.